The molecule has 0 aliphatic heterocycles. The molecular weight excluding hydrogens is 230 g/mol. The highest BCUT2D eigenvalue weighted by atomic mass is 16.4. The molecule has 0 aliphatic rings. The molecule has 2 heterocycles. The standard InChI is InChI=1S/C13H11N3O2/c1-7-4-3-5-9-10(7)15-8(2)12-11(13(17)18)14-6-16(9)12/h3-6H,1-2H3,(H,17,18). The molecule has 0 radical (unpaired) electrons. The molecule has 0 saturated carbocycles. The van der Waals surface area contributed by atoms with Crippen LogP contribution in [0.15, 0.2) is 24.5 Å². The maximum Gasteiger partial charge on any atom is 0.356 e. The van der Waals surface area contributed by atoms with Crippen LogP contribution in [0.2, 0.25) is 0 Å². The van der Waals surface area contributed by atoms with Crippen molar-refractivity contribution in [2.75, 3.05) is 0 Å². The minimum atomic E-state index is -1.03. The number of aromatic nitrogens is 3. The zero-order chi connectivity index (χ0) is 12.9. The Hall–Kier alpha value is -2.43. The van der Waals surface area contributed by atoms with Crippen LogP contribution < -0.4 is 0 Å². The highest BCUT2D eigenvalue weighted by Crippen LogP contribution is 2.22. The summed E-state index contributed by atoms with van der Waals surface area (Å²) >= 11 is 0. The van der Waals surface area contributed by atoms with Gasteiger partial charge >= 0.3 is 5.97 Å². The molecule has 18 heavy (non-hydrogen) atoms. The smallest absolute Gasteiger partial charge is 0.356 e. The van der Waals surface area contributed by atoms with Crippen molar-refractivity contribution >= 4 is 22.5 Å². The first kappa shape index (κ1) is 10.7. The van der Waals surface area contributed by atoms with E-state index in [-0.39, 0.29) is 5.69 Å². The van der Waals surface area contributed by atoms with E-state index in [1.54, 1.807) is 11.3 Å². The Morgan fingerprint density at radius 1 is 1.33 bits per heavy atom. The molecule has 0 fully saturated rings. The first-order valence-corrected chi connectivity index (χ1v) is 5.56. The zero-order valence-electron chi connectivity index (χ0n) is 10.0. The van der Waals surface area contributed by atoms with Crippen molar-refractivity contribution in [3.05, 3.63) is 41.5 Å². The van der Waals surface area contributed by atoms with Crippen molar-refractivity contribution in [1.29, 1.82) is 0 Å². The average Bonchev–Trinajstić information content (AvgIpc) is 2.76. The summed E-state index contributed by atoms with van der Waals surface area (Å²) in [6.45, 7) is 3.78. The average molecular weight is 241 g/mol. The third-order valence-corrected chi connectivity index (χ3v) is 3.07. The molecule has 0 spiro atoms. The molecule has 5 heteroatoms. The van der Waals surface area contributed by atoms with E-state index in [0.29, 0.717) is 11.2 Å². The van der Waals surface area contributed by atoms with E-state index in [9.17, 15) is 4.79 Å². The highest BCUT2D eigenvalue weighted by molar-refractivity contribution is 5.96. The molecule has 0 atom stereocenters. The van der Waals surface area contributed by atoms with E-state index >= 15 is 0 Å². The van der Waals surface area contributed by atoms with E-state index < -0.39 is 5.97 Å². The second kappa shape index (κ2) is 3.53. The molecule has 0 saturated heterocycles. The van der Waals surface area contributed by atoms with Gasteiger partial charge in [-0.2, -0.15) is 0 Å². The van der Waals surface area contributed by atoms with Gasteiger partial charge in [0.15, 0.2) is 5.69 Å². The zero-order valence-corrected chi connectivity index (χ0v) is 10.0. The summed E-state index contributed by atoms with van der Waals surface area (Å²) in [6, 6.07) is 5.82. The van der Waals surface area contributed by atoms with Crippen LogP contribution in [0.25, 0.3) is 16.6 Å². The van der Waals surface area contributed by atoms with Gasteiger partial charge in [0, 0.05) is 0 Å². The molecule has 0 amide bonds. The number of rotatable bonds is 1. The molecule has 5 nitrogen and oxygen atoms in total. The van der Waals surface area contributed by atoms with Crippen molar-refractivity contribution in [1.82, 2.24) is 14.4 Å². The Balaban J connectivity index is 2.57. The normalized spacial score (nSPS) is 11.2. The number of imidazole rings is 1. The lowest BCUT2D eigenvalue weighted by Gasteiger charge is -2.07. The summed E-state index contributed by atoms with van der Waals surface area (Å²) in [7, 11) is 0. The van der Waals surface area contributed by atoms with Crippen LogP contribution in [-0.2, 0) is 0 Å². The molecule has 0 bridgehead atoms. The predicted octanol–water partition coefficient (Wildman–Crippen LogP) is 2.20. The largest absolute Gasteiger partial charge is 0.476 e. The van der Waals surface area contributed by atoms with E-state index in [4.69, 9.17) is 5.11 Å². The molecular formula is C13H11N3O2. The van der Waals surface area contributed by atoms with Gasteiger partial charge in [0.25, 0.3) is 0 Å². The highest BCUT2D eigenvalue weighted by Gasteiger charge is 2.16. The number of carboxylic acid groups (broad SMARTS) is 1. The number of hydrogen-bond donors (Lipinski definition) is 1. The van der Waals surface area contributed by atoms with Gasteiger partial charge in [-0.05, 0) is 25.5 Å². The fourth-order valence-electron chi connectivity index (χ4n) is 2.24. The summed E-state index contributed by atoms with van der Waals surface area (Å²) in [5, 5.41) is 9.12. The van der Waals surface area contributed by atoms with E-state index in [0.717, 1.165) is 16.6 Å². The van der Waals surface area contributed by atoms with Gasteiger partial charge in [0.2, 0.25) is 0 Å². The van der Waals surface area contributed by atoms with Crippen LogP contribution in [0.3, 0.4) is 0 Å². The molecule has 2 aromatic heterocycles. The van der Waals surface area contributed by atoms with Gasteiger partial charge in [0.05, 0.1) is 16.7 Å². The van der Waals surface area contributed by atoms with Crippen molar-refractivity contribution < 1.29 is 9.90 Å². The van der Waals surface area contributed by atoms with Gasteiger partial charge in [-0.25, -0.2) is 14.8 Å². The predicted molar refractivity (Wildman–Crippen MR) is 66.9 cm³/mol. The second-order valence-corrected chi connectivity index (χ2v) is 4.26. The third-order valence-electron chi connectivity index (χ3n) is 3.07. The number of para-hydroxylation sites is 1. The minimum absolute atomic E-state index is 0.0448. The molecule has 0 unspecified atom stereocenters. The SMILES string of the molecule is Cc1cccc2c1nc(C)c1c(C(=O)O)ncn12. The van der Waals surface area contributed by atoms with E-state index in [1.807, 2.05) is 25.1 Å². The molecule has 3 rings (SSSR count). The van der Waals surface area contributed by atoms with Gasteiger partial charge in [-0.3, -0.25) is 4.40 Å². The number of nitrogens with zero attached hydrogens (tertiary/aromatic N) is 3. The van der Waals surface area contributed by atoms with E-state index in [2.05, 4.69) is 9.97 Å². The number of benzene rings is 1. The van der Waals surface area contributed by atoms with Crippen molar-refractivity contribution in [2.45, 2.75) is 13.8 Å². The fourth-order valence-corrected chi connectivity index (χ4v) is 2.24. The summed E-state index contributed by atoms with van der Waals surface area (Å²) in [6.07, 6.45) is 1.54. The molecule has 1 N–H and O–H groups in total. The topological polar surface area (TPSA) is 67.5 Å². The Bertz CT molecular complexity index is 790. The van der Waals surface area contributed by atoms with Gasteiger partial charge in [-0.15, -0.1) is 0 Å². The number of fused-ring (bicyclic) bond motifs is 3. The molecule has 1 aromatic carbocycles. The Morgan fingerprint density at radius 3 is 2.83 bits per heavy atom. The quantitative estimate of drug-likeness (QED) is 0.709. The maximum absolute atomic E-state index is 11.1. The lowest BCUT2D eigenvalue weighted by atomic mass is 10.2. The van der Waals surface area contributed by atoms with Crippen LogP contribution in [0, 0.1) is 13.8 Å². The lowest BCUT2D eigenvalue weighted by Crippen LogP contribution is -2.01. The summed E-state index contributed by atoms with van der Waals surface area (Å²) in [5.74, 6) is -1.03. The van der Waals surface area contributed by atoms with Crippen LogP contribution in [0.1, 0.15) is 21.7 Å². The molecule has 90 valence electrons. The number of hydrogen-bond acceptors (Lipinski definition) is 3. The Kier molecular flexibility index (Phi) is 2.10. The van der Waals surface area contributed by atoms with E-state index in [1.165, 1.54) is 6.33 Å². The first-order valence-electron chi connectivity index (χ1n) is 5.56. The van der Waals surface area contributed by atoms with Crippen LogP contribution in [0.4, 0.5) is 0 Å². The summed E-state index contributed by atoms with van der Waals surface area (Å²) in [4.78, 5) is 19.6. The third kappa shape index (κ3) is 1.30. The fraction of sp³-hybridized carbons (Fsp3) is 0.154. The van der Waals surface area contributed by atoms with Gasteiger partial charge in [0.1, 0.15) is 11.8 Å². The summed E-state index contributed by atoms with van der Waals surface area (Å²) in [5.41, 5.74) is 4.08. The monoisotopic (exact) mass is 241 g/mol. The number of aromatic carboxylic acids is 1. The van der Waals surface area contributed by atoms with Gasteiger partial charge < -0.3 is 5.11 Å². The lowest BCUT2D eigenvalue weighted by molar-refractivity contribution is 0.0693. The number of aryl methyl sites for hydroxylation is 2. The summed E-state index contributed by atoms with van der Waals surface area (Å²) < 4.78 is 1.79. The van der Waals surface area contributed by atoms with Crippen LogP contribution >= 0.6 is 0 Å². The number of carbonyl (C=O) groups is 1. The molecule has 0 aliphatic carbocycles. The second-order valence-electron chi connectivity index (χ2n) is 4.26. The first-order chi connectivity index (χ1) is 8.59. The maximum atomic E-state index is 11.1. The minimum Gasteiger partial charge on any atom is -0.476 e. The van der Waals surface area contributed by atoms with Crippen molar-refractivity contribution in [3.8, 4) is 0 Å². The Morgan fingerprint density at radius 2 is 2.11 bits per heavy atom. The number of carboxylic acids is 1. The van der Waals surface area contributed by atoms with Crippen LogP contribution in [-0.4, -0.2) is 25.4 Å². The van der Waals surface area contributed by atoms with Crippen molar-refractivity contribution in [3.63, 3.8) is 0 Å². The Labute approximate surface area is 103 Å². The van der Waals surface area contributed by atoms with Gasteiger partial charge in [-0.1, -0.05) is 12.1 Å². The molecule has 3 aromatic rings. The van der Waals surface area contributed by atoms with Crippen molar-refractivity contribution in [2.24, 2.45) is 0 Å². The van der Waals surface area contributed by atoms with Crippen LogP contribution in [0.5, 0.6) is 0 Å².